The summed E-state index contributed by atoms with van der Waals surface area (Å²) in [5.74, 6) is -0.0569. The van der Waals surface area contributed by atoms with Crippen molar-refractivity contribution in [3.8, 4) is 0 Å². The van der Waals surface area contributed by atoms with Crippen molar-refractivity contribution in [3.05, 3.63) is 66.1 Å². The van der Waals surface area contributed by atoms with Gasteiger partial charge in [0.05, 0.1) is 5.52 Å². The number of carbonyl (C=O) groups is 1. The Morgan fingerprint density at radius 3 is 2.76 bits per heavy atom. The van der Waals surface area contributed by atoms with E-state index in [9.17, 15) is 4.79 Å². The summed E-state index contributed by atoms with van der Waals surface area (Å²) in [6.45, 7) is 0.705. The van der Waals surface area contributed by atoms with Gasteiger partial charge in [-0.3, -0.25) is 4.79 Å². The molecular formula is C17H13N3O. The van der Waals surface area contributed by atoms with Crippen molar-refractivity contribution in [2.75, 3.05) is 11.4 Å². The molecule has 0 aliphatic carbocycles. The summed E-state index contributed by atoms with van der Waals surface area (Å²) in [5.41, 5.74) is 3.47. The first-order valence-corrected chi connectivity index (χ1v) is 6.94. The number of benzene rings is 2. The maximum atomic E-state index is 12.9. The van der Waals surface area contributed by atoms with E-state index >= 15 is 0 Å². The molecule has 2 heterocycles. The maximum absolute atomic E-state index is 12.9. The van der Waals surface area contributed by atoms with Crippen LogP contribution in [0.5, 0.6) is 0 Å². The van der Waals surface area contributed by atoms with Gasteiger partial charge >= 0.3 is 0 Å². The van der Waals surface area contributed by atoms with Gasteiger partial charge in [-0.1, -0.05) is 36.4 Å². The molecule has 102 valence electrons. The van der Waals surface area contributed by atoms with Crippen molar-refractivity contribution < 1.29 is 4.79 Å². The highest BCUT2D eigenvalue weighted by molar-refractivity contribution is 6.12. The largest absolute Gasteiger partial charge is 0.306 e. The average molecular weight is 275 g/mol. The third kappa shape index (κ3) is 1.88. The molecule has 4 nitrogen and oxygen atoms in total. The molecule has 1 amide bonds. The van der Waals surface area contributed by atoms with Gasteiger partial charge in [-0.05, 0) is 24.1 Å². The van der Waals surface area contributed by atoms with Crippen LogP contribution in [-0.2, 0) is 6.42 Å². The normalized spacial score (nSPS) is 13.4. The van der Waals surface area contributed by atoms with Gasteiger partial charge in [-0.25, -0.2) is 9.97 Å². The molecule has 0 saturated heterocycles. The summed E-state index contributed by atoms with van der Waals surface area (Å²) in [6, 6.07) is 15.6. The van der Waals surface area contributed by atoms with Crippen LogP contribution in [0.1, 0.15) is 16.1 Å². The number of nitrogens with zero attached hydrogens (tertiary/aromatic N) is 3. The average Bonchev–Trinajstić information content (AvgIpc) is 2.98. The number of aromatic nitrogens is 2. The molecule has 0 radical (unpaired) electrons. The summed E-state index contributed by atoms with van der Waals surface area (Å²) in [6.07, 6.45) is 2.35. The van der Waals surface area contributed by atoms with Crippen LogP contribution < -0.4 is 4.90 Å². The first-order chi connectivity index (χ1) is 10.3. The molecule has 21 heavy (non-hydrogen) atoms. The van der Waals surface area contributed by atoms with E-state index in [2.05, 4.69) is 16.0 Å². The number of hydrogen-bond donors (Lipinski definition) is 0. The summed E-state index contributed by atoms with van der Waals surface area (Å²) < 4.78 is 0. The number of rotatable bonds is 1. The fourth-order valence-electron chi connectivity index (χ4n) is 2.85. The Kier molecular flexibility index (Phi) is 2.67. The predicted octanol–water partition coefficient (Wildman–Crippen LogP) is 2.83. The van der Waals surface area contributed by atoms with Crippen molar-refractivity contribution >= 4 is 22.5 Å². The van der Waals surface area contributed by atoms with E-state index in [4.69, 9.17) is 0 Å². The van der Waals surface area contributed by atoms with E-state index in [1.54, 1.807) is 0 Å². The zero-order valence-electron chi connectivity index (χ0n) is 11.4. The number of fused-ring (bicyclic) bond motifs is 2. The molecule has 0 saturated carbocycles. The Bertz CT molecular complexity index is 839. The van der Waals surface area contributed by atoms with E-state index in [0.29, 0.717) is 12.2 Å². The maximum Gasteiger partial charge on any atom is 0.277 e. The standard InChI is InChI=1S/C17H13N3O/c21-17(20-10-9-12-5-1-4-8-15(12)20)16-13-6-2-3-7-14(13)18-11-19-16/h1-8,11H,9-10H2. The van der Waals surface area contributed by atoms with Crippen molar-refractivity contribution in [1.29, 1.82) is 0 Å². The second-order valence-electron chi connectivity index (χ2n) is 5.07. The Labute approximate surface area is 122 Å². The van der Waals surface area contributed by atoms with E-state index in [1.807, 2.05) is 47.4 Å². The minimum absolute atomic E-state index is 0.0569. The summed E-state index contributed by atoms with van der Waals surface area (Å²) in [7, 11) is 0. The molecule has 0 fully saturated rings. The molecule has 0 bridgehead atoms. The van der Waals surface area contributed by atoms with Crippen LogP contribution in [0.25, 0.3) is 10.9 Å². The van der Waals surface area contributed by atoms with Crippen LogP contribution >= 0.6 is 0 Å². The van der Waals surface area contributed by atoms with Crippen LogP contribution in [0, 0.1) is 0 Å². The van der Waals surface area contributed by atoms with Gasteiger partial charge in [-0.15, -0.1) is 0 Å². The SMILES string of the molecule is O=C(c1ncnc2ccccc12)N1CCc2ccccc21. The Morgan fingerprint density at radius 1 is 1.00 bits per heavy atom. The second kappa shape index (κ2) is 4.66. The van der Waals surface area contributed by atoms with Gasteiger partial charge in [-0.2, -0.15) is 0 Å². The third-order valence-electron chi connectivity index (χ3n) is 3.88. The number of amides is 1. The van der Waals surface area contributed by atoms with E-state index in [0.717, 1.165) is 23.0 Å². The van der Waals surface area contributed by atoms with Gasteiger partial charge < -0.3 is 4.90 Å². The lowest BCUT2D eigenvalue weighted by Crippen LogP contribution is -2.29. The molecule has 1 aliphatic heterocycles. The lowest BCUT2D eigenvalue weighted by molar-refractivity contribution is 0.0986. The van der Waals surface area contributed by atoms with E-state index in [1.165, 1.54) is 11.9 Å². The predicted molar refractivity (Wildman–Crippen MR) is 81.4 cm³/mol. The van der Waals surface area contributed by atoms with E-state index in [-0.39, 0.29) is 5.91 Å². The lowest BCUT2D eigenvalue weighted by atomic mass is 10.1. The zero-order valence-corrected chi connectivity index (χ0v) is 11.4. The first-order valence-electron chi connectivity index (χ1n) is 6.94. The smallest absolute Gasteiger partial charge is 0.277 e. The number of anilines is 1. The molecule has 0 spiro atoms. The van der Waals surface area contributed by atoms with Gasteiger partial charge in [0.1, 0.15) is 12.0 Å². The van der Waals surface area contributed by atoms with Gasteiger partial charge in [0.25, 0.3) is 5.91 Å². The summed E-state index contributed by atoms with van der Waals surface area (Å²) >= 11 is 0. The van der Waals surface area contributed by atoms with Gasteiger partial charge in [0.2, 0.25) is 0 Å². The Balaban J connectivity index is 1.82. The van der Waals surface area contributed by atoms with Crippen molar-refractivity contribution in [2.45, 2.75) is 6.42 Å². The monoisotopic (exact) mass is 275 g/mol. The van der Waals surface area contributed by atoms with Crippen molar-refractivity contribution in [3.63, 3.8) is 0 Å². The van der Waals surface area contributed by atoms with Crippen molar-refractivity contribution in [2.24, 2.45) is 0 Å². The summed E-state index contributed by atoms with van der Waals surface area (Å²) in [4.78, 5) is 23.1. The van der Waals surface area contributed by atoms with Crippen LogP contribution in [-0.4, -0.2) is 22.4 Å². The molecule has 1 aliphatic rings. The molecule has 2 aromatic carbocycles. The van der Waals surface area contributed by atoms with Crippen LogP contribution in [0.2, 0.25) is 0 Å². The highest BCUT2D eigenvalue weighted by Crippen LogP contribution is 2.29. The van der Waals surface area contributed by atoms with Crippen LogP contribution in [0.3, 0.4) is 0 Å². The minimum Gasteiger partial charge on any atom is -0.306 e. The lowest BCUT2D eigenvalue weighted by Gasteiger charge is -2.17. The molecule has 3 aromatic rings. The number of hydrogen-bond acceptors (Lipinski definition) is 3. The topological polar surface area (TPSA) is 46.1 Å². The minimum atomic E-state index is -0.0569. The zero-order chi connectivity index (χ0) is 14.2. The molecule has 1 aromatic heterocycles. The fourth-order valence-corrected chi connectivity index (χ4v) is 2.85. The second-order valence-corrected chi connectivity index (χ2v) is 5.07. The van der Waals surface area contributed by atoms with Crippen LogP contribution in [0.4, 0.5) is 5.69 Å². The Morgan fingerprint density at radius 2 is 1.81 bits per heavy atom. The Hall–Kier alpha value is -2.75. The highest BCUT2D eigenvalue weighted by Gasteiger charge is 2.27. The summed E-state index contributed by atoms with van der Waals surface area (Å²) in [5, 5.41) is 0.800. The number of para-hydroxylation sites is 2. The quantitative estimate of drug-likeness (QED) is 0.686. The molecule has 0 atom stereocenters. The number of carbonyl (C=O) groups excluding carboxylic acids is 1. The highest BCUT2D eigenvalue weighted by atomic mass is 16.2. The molecule has 4 rings (SSSR count). The molecular weight excluding hydrogens is 262 g/mol. The van der Waals surface area contributed by atoms with Crippen molar-refractivity contribution in [1.82, 2.24) is 9.97 Å². The fraction of sp³-hybridized carbons (Fsp3) is 0.118. The van der Waals surface area contributed by atoms with Gasteiger partial charge in [0, 0.05) is 17.6 Å². The van der Waals surface area contributed by atoms with E-state index < -0.39 is 0 Å². The molecule has 4 heteroatoms. The first kappa shape index (κ1) is 12.0. The molecule has 0 N–H and O–H groups in total. The molecule has 0 unspecified atom stereocenters. The third-order valence-corrected chi connectivity index (χ3v) is 3.88. The van der Waals surface area contributed by atoms with Crippen LogP contribution in [0.15, 0.2) is 54.9 Å². The van der Waals surface area contributed by atoms with Gasteiger partial charge in [0.15, 0.2) is 0 Å².